The lowest BCUT2D eigenvalue weighted by molar-refractivity contribution is 0.267. The zero-order valence-electron chi connectivity index (χ0n) is 13.9. The van der Waals surface area contributed by atoms with Crippen LogP contribution in [0.3, 0.4) is 0 Å². The highest BCUT2D eigenvalue weighted by Crippen LogP contribution is 2.48. The molecule has 2 atom stereocenters. The molecule has 2 aliphatic rings. The highest BCUT2D eigenvalue weighted by atomic mass is 32.2. The summed E-state index contributed by atoms with van der Waals surface area (Å²) in [5.74, 6) is 5.97. The summed E-state index contributed by atoms with van der Waals surface area (Å²) in [5.41, 5.74) is 3.02. The van der Waals surface area contributed by atoms with Gasteiger partial charge in [0.25, 0.3) is 0 Å². The van der Waals surface area contributed by atoms with Gasteiger partial charge in [0, 0.05) is 5.75 Å². The minimum absolute atomic E-state index is 0.745. The molecule has 2 nitrogen and oxygen atoms in total. The average molecular weight is 320 g/mol. The minimum Gasteiger partial charge on any atom is -0.490 e. The molecule has 1 aromatic rings. The van der Waals surface area contributed by atoms with Crippen LogP contribution in [0.25, 0.3) is 0 Å². The fourth-order valence-corrected chi connectivity index (χ4v) is 4.99. The van der Waals surface area contributed by atoms with E-state index in [-0.39, 0.29) is 0 Å². The largest absolute Gasteiger partial charge is 0.490 e. The smallest absolute Gasteiger partial charge is 0.161 e. The van der Waals surface area contributed by atoms with Gasteiger partial charge in [-0.15, -0.1) is 0 Å². The Labute approximate surface area is 139 Å². The van der Waals surface area contributed by atoms with Crippen LogP contribution in [0.15, 0.2) is 12.1 Å². The van der Waals surface area contributed by atoms with Crippen LogP contribution in [-0.4, -0.2) is 19.0 Å². The molecule has 0 saturated heterocycles. The third kappa shape index (κ3) is 3.40. The summed E-state index contributed by atoms with van der Waals surface area (Å²) in [7, 11) is 0. The van der Waals surface area contributed by atoms with Gasteiger partial charge in [-0.05, 0) is 66.5 Å². The van der Waals surface area contributed by atoms with Gasteiger partial charge in [-0.1, -0.05) is 20.3 Å². The zero-order valence-corrected chi connectivity index (χ0v) is 14.7. The van der Waals surface area contributed by atoms with Crippen LogP contribution in [-0.2, 0) is 5.75 Å². The maximum absolute atomic E-state index is 6.01. The first-order chi connectivity index (χ1) is 10.8. The van der Waals surface area contributed by atoms with E-state index >= 15 is 0 Å². The topological polar surface area (TPSA) is 18.5 Å². The van der Waals surface area contributed by atoms with Gasteiger partial charge in [0.05, 0.1) is 13.2 Å². The Hall–Kier alpha value is -0.830. The van der Waals surface area contributed by atoms with Crippen LogP contribution in [0.2, 0.25) is 0 Å². The monoisotopic (exact) mass is 320 g/mol. The molecule has 3 rings (SSSR count). The second-order valence-corrected chi connectivity index (χ2v) is 7.54. The average Bonchev–Trinajstić information content (AvgIpc) is 2.93. The van der Waals surface area contributed by atoms with E-state index in [0.717, 1.165) is 55.1 Å². The van der Waals surface area contributed by atoms with E-state index in [1.54, 1.807) is 5.56 Å². The summed E-state index contributed by atoms with van der Waals surface area (Å²) in [6, 6.07) is 4.58. The molecule has 22 heavy (non-hydrogen) atoms. The number of fused-ring (bicyclic) bond motifs is 3. The van der Waals surface area contributed by atoms with Crippen molar-refractivity contribution >= 4 is 11.8 Å². The van der Waals surface area contributed by atoms with Crippen molar-refractivity contribution in [3.05, 3.63) is 23.3 Å². The first-order valence-corrected chi connectivity index (χ1v) is 9.99. The zero-order chi connectivity index (χ0) is 15.4. The third-order valence-electron chi connectivity index (χ3n) is 4.78. The third-order valence-corrected chi connectivity index (χ3v) is 5.96. The molecular formula is C19H28O2S. The van der Waals surface area contributed by atoms with Crippen molar-refractivity contribution in [3.8, 4) is 11.5 Å². The van der Waals surface area contributed by atoms with Crippen molar-refractivity contribution in [2.75, 3.05) is 19.0 Å². The van der Waals surface area contributed by atoms with Gasteiger partial charge in [-0.25, -0.2) is 0 Å². The summed E-state index contributed by atoms with van der Waals surface area (Å²) < 4.78 is 12.0. The summed E-state index contributed by atoms with van der Waals surface area (Å²) in [5, 5.41) is 0. The van der Waals surface area contributed by atoms with Gasteiger partial charge in [0.2, 0.25) is 0 Å². The Balaban J connectivity index is 1.93. The van der Waals surface area contributed by atoms with Crippen LogP contribution < -0.4 is 9.47 Å². The van der Waals surface area contributed by atoms with Gasteiger partial charge in [-0.3, -0.25) is 0 Å². The second kappa shape index (κ2) is 7.63. The lowest BCUT2D eigenvalue weighted by atomic mass is 9.87. The van der Waals surface area contributed by atoms with Crippen LogP contribution in [0.5, 0.6) is 11.5 Å². The fourth-order valence-electron chi connectivity index (χ4n) is 3.70. The number of benzene rings is 1. The van der Waals surface area contributed by atoms with E-state index in [1.165, 1.54) is 30.6 Å². The fraction of sp³-hybridized carbons (Fsp3) is 0.684. The van der Waals surface area contributed by atoms with Crippen LogP contribution in [0, 0.1) is 5.92 Å². The summed E-state index contributed by atoms with van der Waals surface area (Å²) in [6.07, 6.45) is 6.20. The van der Waals surface area contributed by atoms with Crippen LogP contribution in [0.4, 0.5) is 0 Å². The highest BCUT2D eigenvalue weighted by molar-refractivity contribution is 7.98. The molecular weight excluding hydrogens is 292 g/mol. The lowest BCUT2D eigenvalue weighted by Crippen LogP contribution is -2.09. The van der Waals surface area contributed by atoms with Gasteiger partial charge in [0.15, 0.2) is 11.5 Å². The number of thioether (sulfide) groups is 1. The molecule has 1 saturated carbocycles. The number of hydrogen-bond acceptors (Lipinski definition) is 3. The number of hydrogen-bond donors (Lipinski definition) is 0. The Bertz CT molecular complexity index is 500. The first-order valence-electron chi connectivity index (χ1n) is 8.83. The normalized spacial score (nSPS) is 23.5. The maximum Gasteiger partial charge on any atom is 0.161 e. The van der Waals surface area contributed by atoms with Gasteiger partial charge in [0.1, 0.15) is 0 Å². The lowest BCUT2D eigenvalue weighted by Gasteiger charge is -2.21. The molecule has 122 valence electrons. The summed E-state index contributed by atoms with van der Waals surface area (Å²) in [4.78, 5) is 0. The summed E-state index contributed by atoms with van der Waals surface area (Å²) in [6.45, 7) is 5.83. The van der Waals surface area contributed by atoms with Gasteiger partial charge in [-0.2, -0.15) is 11.8 Å². The summed E-state index contributed by atoms with van der Waals surface area (Å²) >= 11 is 2.09. The molecule has 0 aromatic heterocycles. The predicted molar refractivity (Wildman–Crippen MR) is 94.3 cm³/mol. The van der Waals surface area contributed by atoms with E-state index in [4.69, 9.17) is 9.47 Å². The second-order valence-electron chi connectivity index (χ2n) is 6.51. The molecule has 0 amide bonds. The standard InChI is InChI=1S/C19H28O2S/c1-3-8-20-18-10-15-13-22-12-14-6-5-7-16(14)17(15)11-19(18)21-9-4-2/h10-11,14,16H,3-9,12-13H2,1-2H3. The van der Waals surface area contributed by atoms with Gasteiger partial charge >= 0.3 is 0 Å². The number of rotatable bonds is 6. The van der Waals surface area contributed by atoms with E-state index in [9.17, 15) is 0 Å². The Morgan fingerprint density at radius 1 is 1.05 bits per heavy atom. The SMILES string of the molecule is CCCOc1cc2c(cc1OCCC)C1CCCC1CSC2. The van der Waals surface area contributed by atoms with Gasteiger partial charge < -0.3 is 9.47 Å². The molecule has 1 aliphatic carbocycles. The molecule has 0 spiro atoms. The highest BCUT2D eigenvalue weighted by Gasteiger charge is 2.33. The first kappa shape index (κ1) is 16.0. The Kier molecular flexibility index (Phi) is 5.56. The predicted octanol–water partition coefficient (Wildman–Crippen LogP) is 5.39. The molecule has 0 N–H and O–H groups in total. The van der Waals surface area contributed by atoms with E-state index in [0.29, 0.717) is 0 Å². The molecule has 2 unspecified atom stereocenters. The Morgan fingerprint density at radius 3 is 2.50 bits per heavy atom. The molecule has 1 fully saturated rings. The quantitative estimate of drug-likeness (QED) is 0.699. The minimum atomic E-state index is 0.745. The van der Waals surface area contributed by atoms with Crippen LogP contribution in [0.1, 0.15) is 63.0 Å². The maximum atomic E-state index is 6.01. The molecule has 0 bridgehead atoms. The van der Waals surface area contributed by atoms with Crippen molar-refractivity contribution in [1.82, 2.24) is 0 Å². The van der Waals surface area contributed by atoms with E-state index < -0.39 is 0 Å². The van der Waals surface area contributed by atoms with Crippen molar-refractivity contribution in [2.24, 2.45) is 5.92 Å². The van der Waals surface area contributed by atoms with E-state index in [2.05, 4.69) is 37.7 Å². The van der Waals surface area contributed by atoms with Crippen LogP contribution >= 0.6 is 11.8 Å². The van der Waals surface area contributed by atoms with E-state index in [1.807, 2.05) is 0 Å². The van der Waals surface area contributed by atoms with Crippen molar-refractivity contribution in [3.63, 3.8) is 0 Å². The molecule has 1 heterocycles. The van der Waals surface area contributed by atoms with Crippen molar-refractivity contribution < 1.29 is 9.47 Å². The number of ether oxygens (including phenoxy) is 2. The van der Waals surface area contributed by atoms with Crippen molar-refractivity contribution in [1.29, 1.82) is 0 Å². The Morgan fingerprint density at radius 2 is 1.77 bits per heavy atom. The molecule has 0 radical (unpaired) electrons. The molecule has 1 aliphatic heterocycles. The molecule has 1 aromatic carbocycles. The molecule has 3 heteroatoms. The van der Waals surface area contributed by atoms with Crippen molar-refractivity contribution in [2.45, 2.75) is 57.6 Å².